The van der Waals surface area contributed by atoms with Crippen LogP contribution < -0.4 is 4.72 Å². The first-order valence-electron chi connectivity index (χ1n) is 2.96. The normalized spacial score (nSPS) is 13.8. The molecule has 0 saturated carbocycles. The summed E-state index contributed by atoms with van der Waals surface area (Å²) in [4.78, 5) is 0. The van der Waals surface area contributed by atoms with Crippen LogP contribution in [0.1, 0.15) is 20.8 Å². The van der Waals surface area contributed by atoms with E-state index >= 15 is 0 Å². The largest absolute Gasteiger partial charge is 0.332 e. The van der Waals surface area contributed by atoms with E-state index in [1.807, 2.05) is 32.9 Å². The minimum atomic E-state index is 1.07. The van der Waals surface area contributed by atoms with Gasteiger partial charge >= 0.3 is 0 Å². The molecule has 0 unspecified atom stereocenters. The molecule has 9 heavy (non-hydrogen) atoms. The van der Waals surface area contributed by atoms with Crippen LogP contribution in [0.5, 0.6) is 0 Å². The van der Waals surface area contributed by atoms with Crippen molar-refractivity contribution in [3.63, 3.8) is 0 Å². The third kappa shape index (κ3) is 2.61. The van der Waals surface area contributed by atoms with Gasteiger partial charge in [-0.1, -0.05) is 25.0 Å². The predicted octanol–water partition coefficient (Wildman–Crippen LogP) is 2.29. The van der Waals surface area contributed by atoms with Crippen molar-refractivity contribution in [2.24, 2.45) is 0 Å². The molecule has 0 bridgehead atoms. The number of nitrogens with one attached hydrogen (secondary N) is 1. The van der Waals surface area contributed by atoms with Crippen LogP contribution in [0.25, 0.3) is 0 Å². The van der Waals surface area contributed by atoms with E-state index in [1.54, 1.807) is 0 Å². The summed E-state index contributed by atoms with van der Waals surface area (Å²) in [6.45, 7) is 6.02. The summed E-state index contributed by atoms with van der Waals surface area (Å²) >= 11 is 3.93. The summed E-state index contributed by atoms with van der Waals surface area (Å²) in [5, 5.41) is 0. The van der Waals surface area contributed by atoms with Gasteiger partial charge in [-0.15, -0.1) is 0 Å². The lowest BCUT2D eigenvalue weighted by Crippen LogP contribution is -1.99. The van der Waals surface area contributed by atoms with E-state index in [-0.39, 0.29) is 0 Å². The molecule has 0 rings (SSSR count). The second kappa shape index (κ2) is 4.50. The second-order valence-electron chi connectivity index (χ2n) is 1.79. The molecule has 0 heterocycles. The van der Waals surface area contributed by atoms with Crippen LogP contribution in [0.15, 0.2) is 23.4 Å². The molecule has 0 aromatic heterocycles. The van der Waals surface area contributed by atoms with E-state index < -0.39 is 0 Å². The van der Waals surface area contributed by atoms with E-state index in [4.69, 9.17) is 0 Å². The molecule has 0 spiro atoms. The van der Waals surface area contributed by atoms with E-state index in [1.165, 1.54) is 5.57 Å². The Labute approximate surface area is 62.4 Å². The molecule has 0 atom stereocenters. The van der Waals surface area contributed by atoms with Crippen molar-refractivity contribution < 1.29 is 0 Å². The zero-order valence-corrected chi connectivity index (χ0v) is 7.00. The topological polar surface area (TPSA) is 12.0 Å². The van der Waals surface area contributed by atoms with Crippen molar-refractivity contribution in [2.75, 3.05) is 0 Å². The van der Waals surface area contributed by atoms with Gasteiger partial charge in [0.1, 0.15) is 0 Å². The average molecular weight is 143 g/mol. The molecule has 1 N–H and O–H groups in total. The third-order valence-electron chi connectivity index (χ3n) is 1.27. The Morgan fingerprint density at radius 1 is 1.33 bits per heavy atom. The maximum absolute atomic E-state index is 3.93. The van der Waals surface area contributed by atoms with Crippen molar-refractivity contribution in [1.82, 2.24) is 4.72 Å². The number of hydrogen-bond acceptors (Lipinski definition) is 2. The molecule has 0 aromatic rings. The van der Waals surface area contributed by atoms with Gasteiger partial charge in [-0.3, -0.25) is 0 Å². The van der Waals surface area contributed by atoms with Gasteiger partial charge < -0.3 is 4.72 Å². The van der Waals surface area contributed by atoms with Crippen LogP contribution in [0.4, 0.5) is 0 Å². The molecular formula is C7H13NS. The molecule has 0 aromatic carbocycles. The average Bonchev–Trinajstić information content (AvgIpc) is 1.90. The van der Waals surface area contributed by atoms with Gasteiger partial charge in [-0.05, 0) is 26.3 Å². The van der Waals surface area contributed by atoms with E-state index in [0.717, 1.165) is 5.70 Å². The van der Waals surface area contributed by atoms with Gasteiger partial charge in [-0.25, -0.2) is 0 Å². The molecule has 0 radical (unpaired) electrons. The fraction of sp³-hybridized carbons (Fsp3) is 0.429. The zero-order chi connectivity index (χ0) is 7.28. The first-order valence-corrected chi connectivity index (χ1v) is 3.40. The summed E-state index contributed by atoms with van der Waals surface area (Å²) < 4.78 is 2.79. The smallest absolute Gasteiger partial charge is 0.0421 e. The van der Waals surface area contributed by atoms with Crippen molar-refractivity contribution in [2.45, 2.75) is 20.8 Å². The van der Waals surface area contributed by atoms with Crippen molar-refractivity contribution in [1.29, 1.82) is 0 Å². The fourth-order valence-corrected chi connectivity index (χ4v) is 0.841. The molecule has 2 heteroatoms. The lowest BCUT2D eigenvalue weighted by Gasteiger charge is -2.02. The minimum absolute atomic E-state index is 1.07. The summed E-state index contributed by atoms with van der Waals surface area (Å²) in [6.07, 6.45) is 4.03. The lowest BCUT2D eigenvalue weighted by molar-refractivity contribution is 1.19. The summed E-state index contributed by atoms with van der Waals surface area (Å²) in [7, 11) is 0. The minimum Gasteiger partial charge on any atom is -0.332 e. The highest BCUT2D eigenvalue weighted by molar-refractivity contribution is 7.78. The highest BCUT2D eigenvalue weighted by Gasteiger charge is 1.90. The SMILES string of the molecule is C/C=C(NS)/C(C)=C/C. The van der Waals surface area contributed by atoms with Gasteiger partial charge in [0.2, 0.25) is 0 Å². The van der Waals surface area contributed by atoms with Crippen LogP contribution in [-0.4, -0.2) is 0 Å². The molecule has 0 aliphatic heterocycles. The third-order valence-corrected chi connectivity index (χ3v) is 1.51. The van der Waals surface area contributed by atoms with Gasteiger partial charge in [0.25, 0.3) is 0 Å². The predicted molar refractivity (Wildman–Crippen MR) is 45.3 cm³/mol. The lowest BCUT2D eigenvalue weighted by atomic mass is 10.2. The molecule has 0 saturated heterocycles. The van der Waals surface area contributed by atoms with Gasteiger partial charge in [0.15, 0.2) is 0 Å². The summed E-state index contributed by atoms with van der Waals surface area (Å²) in [6, 6.07) is 0. The Kier molecular flexibility index (Phi) is 4.32. The number of thiol groups is 1. The van der Waals surface area contributed by atoms with Crippen LogP contribution in [-0.2, 0) is 0 Å². The van der Waals surface area contributed by atoms with Crippen LogP contribution in [0.3, 0.4) is 0 Å². The molecular weight excluding hydrogens is 130 g/mol. The molecule has 0 aliphatic rings. The van der Waals surface area contributed by atoms with E-state index in [0.29, 0.717) is 0 Å². The standard InChI is InChI=1S/C7H13NS/c1-4-6(3)7(5-2)8-9/h4-5,8-9H,1-3H3/b6-4+,7-5-. The Hall–Kier alpha value is -0.370. The Bertz CT molecular complexity index is 136. The van der Waals surface area contributed by atoms with Crippen molar-refractivity contribution >= 4 is 12.8 Å². The first-order chi connectivity index (χ1) is 4.26. The Balaban J connectivity index is 4.14. The fourth-order valence-electron chi connectivity index (χ4n) is 0.536. The maximum atomic E-state index is 3.93. The van der Waals surface area contributed by atoms with Gasteiger partial charge in [0.05, 0.1) is 0 Å². The number of hydrogen-bond donors (Lipinski definition) is 2. The second-order valence-corrected chi connectivity index (χ2v) is 2.01. The molecule has 0 fully saturated rings. The maximum Gasteiger partial charge on any atom is 0.0421 e. The number of rotatable bonds is 2. The Morgan fingerprint density at radius 2 is 1.89 bits per heavy atom. The monoisotopic (exact) mass is 143 g/mol. The van der Waals surface area contributed by atoms with E-state index in [2.05, 4.69) is 17.5 Å². The van der Waals surface area contributed by atoms with E-state index in [9.17, 15) is 0 Å². The summed E-state index contributed by atoms with van der Waals surface area (Å²) in [5.74, 6) is 0. The van der Waals surface area contributed by atoms with Crippen molar-refractivity contribution in [3.05, 3.63) is 23.4 Å². The molecule has 0 aliphatic carbocycles. The zero-order valence-electron chi connectivity index (χ0n) is 6.10. The highest BCUT2D eigenvalue weighted by atomic mass is 32.1. The first kappa shape index (κ1) is 8.63. The molecule has 52 valence electrons. The van der Waals surface area contributed by atoms with Gasteiger partial charge in [0, 0.05) is 5.70 Å². The van der Waals surface area contributed by atoms with Crippen LogP contribution in [0.2, 0.25) is 0 Å². The quantitative estimate of drug-likeness (QED) is 0.446. The number of allylic oxidation sites excluding steroid dienone is 3. The van der Waals surface area contributed by atoms with Gasteiger partial charge in [-0.2, -0.15) is 0 Å². The Morgan fingerprint density at radius 3 is 2.00 bits per heavy atom. The van der Waals surface area contributed by atoms with Crippen molar-refractivity contribution in [3.8, 4) is 0 Å². The summed E-state index contributed by atoms with van der Waals surface area (Å²) in [5.41, 5.74) is 2.29. The molecule has 0 amide bonds. The highest BCUT2D eigenvalue weighted by Crippen LogP contribution is 2.04. The molecule has 1 nitrogen and oxygen atoms in total. The van der Waals surface area contributed by atoms with Crippen LogP contribution in [0, 0.1) is 0 Å². The van der Waals surface area contributed by atoms with Crippen LogP contribution >= 0.6 is 12.8 Å².